The zero-order valence-corrected chi connectivity index (χ0v) is 11.2. The van der Waals surface area contributed by atoms with Gasteiger partial charge in [-0.1, -0.05) is 0 Å². The zero-order valence-electron chi connectivity index (χ0n) is 11.2. The minimum Gasteiger partial charge on any atom is -0.444 e. The van der Waals surface area contributed by atoms with E-state index in [1.807, 2.05) is 25.7 Å². The molecule has 1 heterocycles. The smallest absolute Gasteiger partial charge is 0.410 e. The molecule has 1 saturated heterocycles. The van der Waals surface area contributed by atoms with Crippen molar-refractivity contribution in [3.05, 3.63) is 0 Å². The van der Waals surface area contributed by atoms with E-state index in [-0.39, 0.29) is 11.6 Å². The van der Waals surface area contributed by atoms with Crippen LogP contribution >= 0.6 is 0 Å². The Morgan fingerprint density at radius 3 is 2.53 bits per heavy atom. The Hall–Kier alpha value is -0.770. The first-order chi connectivity index (χ1) is 7.86. The second-order valence-corrected chi connectivity index (χ2v) is 6.47. The van der Waals surface area contributed by atoms with Crippen LogP contribution in [0.5, 0.6) is 0 Å². The second-order valence-electron chi connectivity index (χ2n) is 6.47. The quantitative estimate of drug-likeness (QED) is 0.764. The van der Waals surface area contributed by atoms with E-state index in [1.165, 1.54) is 6.42 Å². The van der Waals surface area contributed by atoms with E-state index in [0.29, 0.717) is 12.5 Å². The highest BCUT2D eigenvalue weighted by Gasteiger charge is 2.52. The van der Waals surface area contributed by atoms with Crippen LogP contribution in [0.1, 0.15) is 46.5 Å². The summed E-state index contributed by atoms with van der Waals surface area (Å²) >= 11 is 0. The maximum Gasteiger partial charge on any atom is 0.410 e. The number of ether oxygens (including phenoxy) is 1. The first-order valence-corrected chi connectivity index (χ1v) is 6.57. The molecule has 0 radical (unpaired) electrons. The molecule has 1 spiro atoms. The Balaban J connectivity index is 2.06. The molecule has 1 saturated carbocycles. The maximum absolute atomic E-state index is 12.2. The highest BCUT2D eigenvalue weighted by Crippen LogP contribution is 2.47. The summed E-state index contributed by atoms with van der Waals surface area (Å²) in [6.07, 6.45) is 4.35. The van der Waals surface area contributed by atoms with Gasteiger partial charge in [0.15, 0.2) is 0 Å². The van der Waals surface area contributed by atoms with Gasteiger partial charge < -0.3 is 15.4 Å². The molecular weight excluding hydrogens is 216 g/mol. The van der Waals surface area contributed by atoms with Gasteiger partial charge in [-0.05, 0) is 58.9 Å². The van der Waals surface area contributed by atoms with Crippen LogP contribution in [0.4, 0.5) is 4.79 Å². The number of amides is 1. The van der Waals surface area contributed by atoms with E-state index < -0.39 is 5.60 Å². The summed E-state index contributed by atoms with van der Waals surface area (Å²) in [5.74, 6) is 0.447. The van der Waals surface area contributed by atoms with Crippen LogP contribution < -0.4 is 5.73 Å². The predicted octanol–water partition coefficient (Wildman–Crippen LogP) is 2.12. The topological polar surface area (TPSA) is 55.6 Å². The standard InChI is InChI=1S/C13H24N2O2/c1-12(2,3)17-11(16)15-9-10(8-14)7-13(15)5-4-6-13/h10H,4-9,14H2,1-3H3. The lowest BCUT2D eigenvalue weighted by Gasteiger charge is -2.45. The van der Waals surface area contributed by atoms with Gasteiger partial charge in [-0.15, -0.1) is 0 Å². The van der Waals surface area contributed by atoms with Gasteiger partial charge >= 0.3 is 6.09 Å². The van der Waals surface area contributed by atoms with Gasteiger partial charge in [0.05, 0.1) is 0 Å². The molecule has 0 aromatic rings. The largest absolute Gasteiger partial charge is 0.444 e. The molecule has 1 atom stereocenters. The molecule has 98 valence electrons. The van der Waals surface area contributed by atoms with Gasteiger partial charge in [0, 0.05) is 12.1 Å². The number of hydrogen-bond donors (Lipinski definition) is 1. The molecule has 0 aromatic heterocycles. The van der Waals surface area contributed by atoms with Crippen molar-refractivity contribution in [2.75, 3.05) is 13.1 Å². The fraction of sp³-hybridized carbons (Fsp3) is 0.923. The summed E-state index contributed by atoms with van der Waals surface area (Å²) in [5.41, 5.74) is 5.41. The summed E-state index contributed by atoms with van der Waals surface area (Å²) in [6.45, 7) is 7.17. The Kier molecular flexibility index (Phi) is 3.10. The van der Waals surface area contributed by atoms with Crippen molar-refractivity contribution in [1.82, 2.24) is 4.90 Å². The molecule has 0 bridgehead atoms. The number of carbonyl (C=O) groups excluding carboxylic acids is 1. The van der Waals surface area contributed by atoms with Crippen LogP contribution in [0, 0.1) is 5.92 Å². The lowest BCUT2D eigenvalue weighted by atomic mass is 9.73. The maximum atomic E-state index is 12.2. The van der Waals surface area contributed by atoms with E-state index in [9.17, 15) is 4.79 Å². The molecule has 2 aliphatic rings. The van der Waals surface area contributed by atoms with Gasteiger partial charge in [-0.2, -0.15) is 0 Å². The molecule has 2 fully saturated rings. The first-order valence-electron chi connectivity index (χ1n) is 6.57. The van der Waals surface area contributed by atoms with Gasteiger partial charge in [0.2, 0.25) is 0 Å². The second kappa shape index (κ2) is 4.16. The SMILES string of the molecule is CC(C)(C)OC(=O)N1CC(CN)CC12CCC2. The molecule has 1 aliphatic carbocycles. The Labute approximate surface area is 103 Å². The fourth-order valence-corrected chi connectivity index (χ4v) is 2.97. The third kappa shape index (κ3) is 2.41. The molecule has 4 nitrogen and oxygen atoms in total. The van der Waals surface area contributed by atoms with Crippen molar-refractivity contribution in [3.63, 3.8) is 0 Å². The average molecular weight is 240 g/mol. The molecule has 1 aliphatic heterocycles. The molecular formula is C13H24N2O2. The molecule has 1 amide bonds. The zero-order chi connectivity index (χ0) is 12.7. The first kappa shape index (κ1) is 12.7. The molecule has 0 aromatic carbocycles. The summed E-state index contributed by atoms with van der Waals surface area (Å²) in [5, 5.41) is 0. The Morgan fingerprint density at radius 1 is 1.47 bits per heavy atom. The number of carbonyl (C=O) groups is 1. The Morgan fingerprint density at radius 2 is 2.12 bits per heavy atom. The number of likely N-dealkylation sites (tertiary alicyclic amines) is 1. The third-order valence-corrected chi connectivity index (χ3v) is 3.91. The van der Waals surface area contributed by atoms with Crippen molar-refractivity contribution < 1.29 is 9.53 Å². The number of hydrogen-bond acceptors (Lipinski definition) is 3. The minimum absolute atomic E-state index is 0.0758. The summed E-state index contributed by atoms with van der Waals surface area (Å²) in [6, 6.07) is 0. The summed E-state index contributed by atoms with van der Waals surface area (Å²) < 4.78 is 5.49. The van der Waals surface area contributed by atoms with E-state index >= 15 is 0 Å². The van der Waals surface area contributed by atoms with Crippen molar-refractivity contribution >= 4 is 6.09 Å². The number of nitrogens with two attached hydrogens (primary N) is 1. The van der Waals surface area contributed by atoms with Crippen molar-refractivity contribution in [3.8, 4) is 0 Å². The molecule has 1 unspecified atom stereocenters. The van der Waals surface area contributed by atoms with E-state index in [0.717, 1.165) is 25.8 Å². The normalized spacial score (nSPS) is 27.1. The summed E-state index contributed by atoms with van der Waals surface area (Å²) in [7, 11) is 0. The van der Waals surface area contributed by atoms with Gasteiger partial charge in [-0.3, -0.25) is 0 Å². The van der Waals surface area contributed by atoms with Crippen molar-refractivity contribution in [2.45, 2.75) is 57.6 Å². The fourth-order valence-electron chi connectivity index (χ4n) is 2.97. The van der Waals surface area contributed by atoms with Crippen molar-refractivity contribution in [2.24, 2.45) is 11.7 Å². The number of nitrogens with zero attached hydrogens (tertiary/aromatic N) is 1. The van der Waals surface area contributed by atoms with Crippen LogP contribution in [-0.4, -0.2) is 35.2 Å². The van der Waals surface area contributed by atoms with Crippen LogP contribution in [0.15, 0.2) is 0 Å². The Bertz CT molecular complexity index is 305. The predicted molar refractivity (Wildman–Crippen MR) is 66.7 cm³/mol. The molecule has 2 N–H and O–H groups in total. The van der Waals surface area contributed by atoms with E-state index in [2.05, 4.69) is 0 Å². The number of rotatable bonds is 1. The molecule has 4 heteroatoms. The van der Waals surface area contributed by atoms with Crippen LogP contribution in [0.2, 0.25) is 0 Å². The summed E-state index contributed by atoms with van der Waals surface area (Å²) in [4.78, 5) is 14.1. The minimum atomic E-state index is -0.414. The monoisotopic (exact) mass is 240 g/mol. The van der Waals surface area contributed by atoms with Crippen molar-refractivity contribution in [1.29, 1.82) is 0 Å². The lowest BCUT2D eigenvalue weighted by Crippen LogP contribution is -2.53. The van der Waals surface area contributed by atoms with Crippen LogP contribution in [-0.2, 0) is 4.74 Å². The highest BCUT2D eigenvalue weighted by molar-refractivity contribution is 5.70. The molecule has 2 rings (SSSR count). The van der Waals surface area contributed by atoms with E-state index in [1.54, 1.807) is 0 Å². The highest BCUT2D eigenvalue weighted by atomic mass is 16.6. The van der Waals surface area contributed by atoms with Gasteiger partial charge in [0.1, 0.15) is 5.60 Å². The van der Waals surface area contributed by atoms with Gasteiger partial charge in [-0.25, -0.2) is 4.79 Å². The van der Waals surface area contributed by atoms with Crippen LogP contribution in [0.25, 0.3) is 0 Å². The third-order valence-electron chi connectivity index (χ3n) is 3.91. The average Bonchev–Trinajstić information content (AvgIpc) is 2.53. The molecule has 17 heavy (non-hydrogen) atoms. The van der Waals surface area contributed by atoms with Gasteiger partial charge in [0.25, 0.3) is 0 Å². The van der Waals surface area contributed by atoms with Crippen LogP contribution in [0.3, 0.4) is 0 Å². The lowest BCUT2D eigenvalue weighted by molar-refractivity contribution is -0.00979. The van der Waals surface area contributed by atoms with E-state index in [4.69, 9.17) is 10.5 Å².